The molecule has 0 aromatic carbocycles. The van der Waals surface area contributed by atoms with Crippen molar-refractivity contribution in [2.75, 3.05) is 13.7 Å². The number of unbranched alkanes of at least 4 members (excludes halogenated alkanes) is 9. The first-order valence-corrected chi connectivity index (χ1v) is 9.31. The molecule has 0 aliphatic heterocycles. The molecule has 0 aliphatic carbocycles. The van der Waals surface area contributed by atoms with Crippen molar-refractivity contribution in [3.63, 3.8) is 0 Å². The maximum absolute atomic E-state index is 5.86. The number of rotatable bonds is 14. The van der Waals surface area contributed by atoms with E-state index in [-0.39, 0.29) is 5.60 Å². The number of nitrogens with one attached hydrogen (secondary N) is 1. The van der Waals surface area contributed by atoms with Crippen LogP contribution < -0.4 is 5.32 Å². The van der Waals surface area contributed by atoms with Crippen molar-refractivity contribution >= 4 is 0 Å². The van der Waals surface area contributed by atoms with Gasteiger partial charge in [-0.2, -0.15) is 0 Å². The van der Waals surface area contributed by atoms with Gasteiger partial charge in [-0.05, 0) is 34.2 Å². The van der Waals surface area contributed by atoms with Crippen LogP contribution in [0.3, 0.4) is 0 Å². The fourth-order valence-corrected chi connectivity index (χ4v) is 2.54. The molecule has 1 atom stereocenters. The Morgan fingerprint density at radius 3 is 1.71 bits per heavy atom. The van der Waals surface area contributed by atoms with Crippen molar-refractivity contribution in [3.05, 3.63) is 0 Å². The van der Waals surface area contributed by atoms with Gasteiger partial charge in [-0.3, -0.25) is 0 Å². The normalized spacial score (nSPS) is 13.6. The number of hydrogen-bond acceptors (Lipinski definition) is 2. The molecule has 0 aromatic heterocycles. The second-order valence-corrected chi connectivity index (χ2v) is 7.38. The first kappa shape index (κ1) is 20.9. The average Bonchev–Trinajstić information content (AvgIpc) is 2.43. The number of likely N-dealkylation sites (N-methyl/N-ethyl adjacent to an activating group) is 1. The lowest BCUT2D eigenvalue weighted by Gasteiger charge is -2.24. The second kappa shape index (κ2) is 13.6. The number of hydrogen-bond donors (Lipinski definition) is 1. The summed E-state index contributed by atoms with van der Waals surface area (Å²) in [6.07, 6.45) is 15.3. The van der Waals surface area contributed by atoms with E-state index in [0.29, 0.717) is 6.04 Å². The van der Waals surface area contributed by atoms with E-state index in [1.165, 1.54) is 70.6 Å². The van der Waals surface area contributed by atoms with Gasteiger partial charge < -0.3 is 10.1 Å². The van der Waals surface area contributed by atoms with Crippen molar-refractivity contribution in [3.8, 4) is 0 Å². The van der Waals surface area contributed by atoms with Crippen LogP contribution in [0.25, 0.3) is 0 Å². The van der Waals surface area contributed by atoms with Gasteiger partial charge in [0.1, 0.15) is 0 Å². The standard InChI is InChI=1S/C19H41NO/c1-6-7-8-9-10-11-12-13-14-15-16-18(20-5)17-21-19(2,3)4/h18,20H,6-17H2,1-5H3. The minimum absolute atomic E-state index is 0.0210. The van der Waals surface area contributed by atoms with E-state index < -0.39 is 0 Å². The van der Waals surface area contributed by atoms with E-state index in [1.807, 2.05) is 7.05 Å². The minimum atomic E-state index is -0.0210. The lowest BCUT2D eigenvalue weighted by atomic mass is 10.0. The van der Waals surface area contributed by atoms with Gasteiger partial charge in [0, 0.05) is 6.04 Å². The van der Waals surface area contributed by atoms with Crippen LogP contribution in [0.1, 0.15) is 98.3 Å². The molecule has 0 aromatic rings. The molecule has 2 nitrogen and oxygen atoms in total. The van der Waals surface area contributed by atoms with Crippen LogP contribution >= 0.6 is 0 Å². The Balaban J connectivity index is 3.35. The van der Waals surface area contributed by atoms with Crippen molar-refractivity contribution in [1.29, 1.82) is 0 Å². The molecular weight excluding hydrogens is 258 g/mol. The van der Waals surface area contributed by atoms with Gasteiger partial charge in [-0.1, -0.05) is 71.1 Å². The fourth-order valence-electron chi connectivity index (χ4n) is 2.54. The zero-order chi connectivity index (χ0) is 16.0. The maximum Gasteiger partial charge on any atom is 0.0626 e. The van der Waals surface area contributed by atoms with Gasteiger partial charge in [-0.15, -0.1) is 0 Å². The van der Waals surface area contributed by atoms with Crippen molar-refractivity contribution < 1.29 is 4.74 Å². The third-order valence-corrected chi connectivity index (χ3v) is 4.03. The van der Waals surface area contributed by atoms with Gasteiger partial charge >= 0.3 is 0 Å². The molecule has 128 valence electrons. The second-order valence-electron chi connectivity index (χ2n) is 7.38. The molecule has 2 heteroatoms. The summed E-state index contributed by atoms with van der Waals surface area (Å²) in [5, 5.41) is 3.38. The van der Waals surface area contributed by atoms with Gasteiger partial charge in [0.05, 0.1) is 12.2 Å². The minimum Gasteiger partial charge on any atom is -0.374 e. The predicted molar refractivity (Wildman–Crippen MR) is 95.0 cm³/mol. The van der Waals surface area contributed by atoms with Crippen molar-refractivity contribution in [2.45, 2.75) is 110 Å². The van der Waals surface area contributed by atoms with Crippen LogP contribution in [-0.2, 0) is 4.74 Å². The SMILES string of the molecule is CCCCCCCCCCCCC(COC(C)(C)C)NC. The van der Waals surface area contributed by atoms with E-state index in [2.05, 4.69) is 33.0 Å². The average molecular weight is 300 g/mol. The molecule has 0 heterocycles. The third-order valence-electron chi connectivity index (χ3n) is 4.03. The van der Waals surface area contributed by atoms with Crippen molar-refractivity contribution in [1.82, 2.24) is 5.32 Å². The quantitative estimate of drug-likeness (QED) is 0.415. The van der Waals surface area contributed by atoms with Crippen LogP contribution in [0.4, 0.5) is 0 Å². The molecule has 0 saturated carbocycles. The van der Waals surface area contributed by atoms with Crippen LogP contribution in [0.15, 0.2) is 0 Å². The smallest absolute Gasteiger partial charge is 0.0626 e. The summed E-state index contributed by atoms with van der Waals surface area (Å²) in [6.45, 7) is 9.49. The molecule has 0 spiro atoms. The summed E-state index contributed by atoms with van der Waals surface area (Å²) < 4.78 is 5.86. The molecule has 0 fully saturated rings. The Hall–Kier alpha value is -0.0800. The summed E-state index contributed by atoms with van der Waals surface area (Å²) in [6, 6.07) is 0.512. The van der Waals surface area contributed by atoms with Gasteiger partial charge in [0.2, 0.25) is 0 Å². The Kier molecular flexibility index (Phi) is 13.5. The predicted octanol–water partition coefficient (Wildman–Crippen LogP) is 5.70. The van der Waals surface area contributed by atoms with E-state index in [4.69, 9.17) is 4.74 Å². The molecule has 0 aliphatic rings. The number of ether oxygens (including phenoxy) is 1. The summed E-state index contributed by atoms with van der Waals surface area (Å²) in [5.74, 6) is 0. The zero-order valence-corrected chi connectivity index (χ0v) is 15.5. The molecular formula is C19H41NO. The lowest BCUT2D eigenvalue weighted by molar-refractivity contribution is -0.0147. The molecule has 0 saturated heterocycles. The highest BCUT2D eigenvalue weighted by molar-refractivity contribution is 4.67. The third kappa shape index (κ3) is 16.1. The molecule has 0 rings (SSSR count). The first-order valence-electron chi connectivity index (χ1n) is 9.31. The zero-order valence-electron chi connectivity index (χ0n) is 15.5. The molecule has 1 unspecified atom stereocenters. The summed E-state index contributed by atoms with van der Waals surface area (Å²) in [7, 11) is 2.05. The Morgan fingerprint density at radius 1 is 0.810 bits per heavy atom. The molecule has 0 bridgehead atoms. The molecule has 1 N–H and O–H groups in total. The van der Waals surface area contributed by atoms with Crippen LogP contribution in [0, 0.1) is 0 Å². The summed E-state index contributed by atoms with van der Waals surface area (Å²) in [4.78, 5) is 0. The van der Waals surface area contributed by atoms with Crippen LogP contribution in [0.5, 0.6) is 0 Å². The van der Waals surface area contributed by atoms with E-state index in [0.717, 1.165) is 6.61 Å². The van der Waals surface area contributed by atoms with E-state index in [1.54, 1.807) is 0 Å². The highest BCUT2D eigenvalue weighted by Crippen LogP contribution is 2.13. The summed E-state index contributed by atoms with van der Waals surface area (Å²) in [5.41, 5.74) is -0.0210. The van der Waals surface area contributed by atoms with Gasteiger partial charge in [-0.25, -0.2) is 0 Å². The van der Waals surface area contributed by atoms with E-state index >= 15 is 0 Å². The molecule has 21 heavy (non-hydrogen) atoms. The molecule has 0 amide bonds. The highest BCUT2D eigenvalue weighted by atomic mass is 16.5. The van der Waals surface area contributed by atoms with E-state index in [9.17, 15) is 0 Å². The highest BCUT2D eigenvalue weighted by Gasteiger charge is 2.13. The van der Waals surface area contributed by atoms with Gasteiger partial charge in [0.15, 0.2) is 0 Å². The monoisotopic (exact) mass is 299 g/mol. The Labute approximate surface area is 134 Å². The Morgan fingerprint density at radius 2 is 1.29 bits per heavy atom. The Bertz CT molecular complexity index is 210. The van der Waals surface area contributed by atoms with Crippen molar-refractivity contribution in [2.24, 2.45) is 0 Å². The van der Waals surface area contributed by atoms with Crippen LogP contribution in [-0.4, -0.2) is 25.3 Å². The largest absolute Gasteiger partial charge is 0.374 e. The maximum atomic E-state index is 5.86. The topological polar surface area (TPSA) is 21.3 Å². The first-order chi connectivity index (χ1) is 9.99. The molecule has 0 radical (unpaired) electrons. The van der Waals surface area contributed by atoms with Crippen LogP contribution in [0.2, 0.25) is 0 Å². The summed E-state index contributed by atoms with van der Waals surface area (Å²) >= 11 is 0. The fraction of sp³-hybridized carbons (Fsp3) is 1.00. The van der Waals surface area contributed by atoms with Gasteiger partial charge in [0.25, 0.3) is 0 Å². The lowest BCUT2D eigenvalue weighted by Crippen LogP contribution is -2.34.